The minimum Gasteiger partial charge on any atom is -0.497 e. The van der Waals surface area contributed by atoms with E-state index in [0.717, 1.165) is 17.8 Å². The van der Waals surface area contributed by atoms with Crippen molar-refractivity contribution in [2.24, 2.45) is 0 Å². The van der Waals surface area contributed by atoms with Crippen LogP contribution in [0, 0.1) is 0 Å². The highest BCUT2D eigenvalue weighted by Gasteiger charge is 2.19. The van der Waals surface area contributed by atoms with Crippen molar-refractivity contribution >= 4 is 5.91 Å². The molecule has 1 heterocycles. The minimum atomic E-state index is -0.0183. The fourth-order valence-electron chi connectivity index (χ4n) is 3.66. The van der Waals surface area contributed by atoms with Gasteiger partial charge in [0.25, 0.3) is 5.91 Å². The third-order valence-corrected chi connectivity index (χ3v) is 5.29. The number of hydrogen-bond donors (Lipinski definition) is 0. The highest BCUT2D eigenvalue weighted by Crippen LogP contribution is 2.19. The van der Waals surface area contributed by atoms with Crippen molar-refractivity contribution in [3.8, 4) is 5.75 Å². The molecule has 4 rings (SSSR count). The molecule has 1 amide bonds. The molecule has 4 nitrogen and oxygen atoms in total. The Labute approximate surface area is 183 Å². The molecule has 0 bridgehead atoms. The first kappa shape index (κ1) is 20.5. The van der Waals surface area contributed by atoms with E-state index in [1.165, 1.54) is 5.56 Å². The molecule has 0 N–H and O–H groups in total. The first-order valence-corrected chi connectivity index (χ1v) is 10.4. The molecule has 156 valence electrons. The Morgan fingerprint density at radius 3 is 2.23 bits per heavy atom. The molecule has 4 heteroatoms. The second-order valence-electron chi connectivity index (χ2n) is 7.49. The van der Waals surface area contributed by atoms with Crippen LogP contribution in [-0.2, 0) is 19.6 Å². The number of rotatable bonds is 8. The lowest BCUT2D eigenvalue weighted by atomic mass is 10.1. The SMILES string of the molecule is COc1cccc(C(=O)N(Cc2ccccc2)Cc2cccn2Cc2ccccc2)c1. The summed E-state index contributed by atoms with van der Waals surface area (Å²) >= 11 is 0. The summed E-state index contributed by atoms with van der Waals surface area (Å²) in [5.41, 5.74) is 4.04. The largest absolute Gasteiger partial charge is 0.497 e. The molecular formula is C27H26N2O2. The van der Waals surface area contributed by atoms with E-state index in [1.54, 1.807) is 13.2 Å². The number of carbonyl (C=O) groups excluding carboxylic acids is 1. The predicted octanol–water partition coefficient (Wildman–Crippen LogP) is 5.39. The van der Waals surface area contributed by atoms with Gasteiger partial charge in [0.15, 0.2) is 0 Å². The van der Waals surface area contributed by atoms with E-state index in [2.05, 4.69) is 41.1 Å². The average molecular weight is 411 g/mol. The zero-order valence-electron chi connectivity index (χ0n) is 17.6. The van der Waals surface area contributed by atoms with E-state index in [0.29, 0.717) is 24.4 Å². The molecule has 0 unspecified atom stereocenters. The van der Waals surface area contributed by atoms with Crippen molar-refractivity contribution < 1.29 is 9.53 Å². The van der Waals surface area contributed by atoms with Gasteiger partial charge in [-0.15, -0.1) is 0 Å². The lowest BCUT2D eigenvalue weighted by Gasteiger charge is -2.24. The molecule has 31 heavy (non-hydrogen) atoms. The Bertz CT molecular complexity index is 1120. The van der Waals surface area contributed by atoms with Gasteiger partial charge in [-0.25, -0.2) is 0 Å². The second-order valence-corrected chi connectivity index (χ2v) is 7.49. The van der Waals surface area contributed by atoms with Crippen molar-refractivity contribution in [1.29, 1.82) is 0 Å². The van der Waals surface area contributed by atoms with Crippen LogP contribution in [0.5, 0.6) is 5.75 Å². The third kappa shape index (κ3) is 5.23. The number of hydrogen-bond acceptors (Lipinski definition) is 2. The third-order valence-electron chi connectivity index (χ3n) is 5.29. The fourth-order valence-corrected chi connectivity index (χ4v) is 3.66. The predicted molar refractivity (Wildman–Crippen MR) is 123 cm³/mol. The lowest BCUT2D eigenvalue weighted by Crippen LogP contribution is -2.31. The van der Waals surface area contributed by atoms with E-state index in [-0.39, 0.29) is 5.91 Å². The molecule has 0 fully saturated rings. The number of nitrogens with zero attached hydrogens (tertiary/aromatic N) is 2. The summed E-state index contributed by atoms with van der Waals surface area (Å²) in [4.78, 5) is 15.4. The van der Waals surface area contributed by atoms with Crippen molar-refractivity contribution in [3.05, 3.63) is 126 Å². The van der Waals surface area contributed by atoms with Crippen LogP contribution in [0.4, 0.5) is 0 Å². The molecule has 0 aliphatic carbocycles. The van der Waals surface area contributed by atoms with Crippen molar-refractivity contribution in [1.82, 2.24) is 9.47 Å². The maximum Gasteiger partial charge on any atom is 0.254 e. The molecule has 0 spiro atoms. The zero-order chi connectivity index (χ0) is 21.5. The number of ether oxygens (including phenoxy) is 1. The first-order valence-electron chi connectivity index (χ1n) is 10.4. The van der Waals surface area contributed by atoms with E-state index >= 15 is 0 Å². The minimum absolute atomic E-state index is 0.0183. The standard InChI is InChI=1S/C27H26N2O2/c1-31-26-16-8-14-24(18-26)27(30)29(20-23-12-6-3-7-13-23)21-25-15-9-17-28(25)19-22-10-4-2-5-11-22/h2-18H,19-21H2,1H3. The summed E-state index contributed by atoms with van der Waals surface area (Å²) in [7, 11) is 1.61. The Balaban J connectivity index is 1.61. The highest BCUT2D eigenvalue weighted by atomic mass is 16.5. The van der Waals surface area contributed by atoms with Crippen LogP contribution in [0.25, 0.3) is 0 Å². The molecule has 3 aromatic carbocycles. The van der Waals surface area contributed by atoms with Crippen LogP contribution in [-0.4, -0.2) is 22.5 Å². The molecule has 0 radical (unpaired) electrons. The van der Waals surface area contributed by atoms with E-state index in [1.807, 2.05) is 65.6 Å². The summed E-state index contributed by atoms with van der Waals surface area (Å²) in [6.45, 7) is 1.83. The van der Waals surface area contributed by atoms with Gasteiger partial charge < -0.3 is 14.2 Å². The van der Waals surface area contributed by atoms with Crippen LogP contribution in [0.3, 0.4) is 0 Å². The summed E-state index contributed by atoms with van der Waals surface area (Å²) in [5, 5.41) is 0. The smallest absolute Gasteiger partial charge is 0.254 e. The molecule has 1 aromatic heterocycles. The van der Waals surface area contributed by atoms with E-state index in [4.69, 9.17) is 4.74 Å². The first-order chi connectivity index (χ1) is 15.2. The molecule has 0 saturated heterocycles. The topological polar surface area (TPSA) is 34.5 Å². The lowest BCUT2D eigenvalue weighted by molar-refractivity contribution is 0.0726. The summed E-state index contributed by atoms with van der Waals surface area (Å²) in [6.07, 6.45) is 2.07. The Morgan fingerprint density at radius 1 is 0.806 bits per heavy atom. The number of methoxy groups -OCH3 is 1. The molecular weight excluding hydrogens is 384 g/mol. The summed E-state index contributed by atoms with van der Waals surface area (Å²) < 4.78 is 7.52. The van der Waals surface area contributed by atoms with Crippen LogP contribution >= 0.6 is 0 Å². The Kier molecular flexibility index (Phi) is 6.48. The average Bonchev–Trinajstić information content (AvgIpc) is 3.26. The van der Waals surface area contributed by atoms with Gasteiger partial charge in [0.1, 0.15) is 5.75 Å². The highest BCUT2D eigenvalue weighted by molar-refractivity contribution is 5.94. The van der Waals surface area contributed by atoms with Crippen LogP contribution < -0.4 is 4.74 Å². The van der Waals surface area contributed by atoms with Crippen LogP contribution in [0.1, 0.15) is 27.2 Å². The maximum atomic E-state index is 13.5. The molecule has 0 saturated carbocycles. The summed E-state index contributed by atoms with van der Waals surface area (Å²) in [6, 6.07) is 31.9. The molecule has 4 aromatic rings. The van der Waals surface area contributed by atoms with E-state index < -0.39 is 0 Å². The maximum absolute atomic E-state index is 13.5. The summed E-state index contributed by atoms with van der Waals surface area (Å²) in [5.74, 6) is 0.660. The number of carbonyl (C=O) groups is 1. The number of aromatic nitrogens is 1. The monoisotopic (exact) mass is 410 g/mol. The Hall–Kier alpha value is -3.79. The number of amides is 1. The van der Waals surface area contributed by atoms with Crippen molar-refractivity contribution in [2.45, 2.75) is 19.6 Å². The molecule has 0 atom stereocenters. The van der Waals surface area contributed by atoms with Gasteiger partial charge in [0, 0.05) is 30.5 Å². The Morgan fingerprint density at radius 2 is 1.52 bits per heavy atom. The fraction of sp³-hybridized carbons (Fsp3) is 0.148. The van der Waals surface area contributed by atoms with Gasteiger partial charge in [0.05, 0.1) is 13.7 Å². The van der Waals surface area contributed by atoms with Gasteiger partial charge in [-0.2, -0.15) is 0 Å². The zero-order valence-corrected chi connectivity index (χ0v) is 17.6. The quantitative estimate of drug-likeness (QED) is 0.390. The van der Waals surface area contributed by atoms with Gasteiger partial charge in [-0.3, -0.25) is 4.79 Å². The van der Waals surface area contributed by atoms with Gasteiger partial charge in [-0.1, -0.05) is 66.7 Å². The van der Waals surface area contributed by atoms with Gasteiger partial charge in [-0.05, 0) is 41.5 Å². The second kappa shape index (κ2) is 9.81. The van der Waals surface area contributed by atoms with E-state index in [9.17, 15) is 4.79 Å². The van der Waals surface area contributed by atoms with Crippen molar-refractivity contribution in [3.63, 3.8) is 0 Å². The molecule has 0 aliphatic heterocycles. The van der Waals surface area contributed by atoms with Gasteiger partial charge in [0.2, 0.25) is 0 Å². The normalized spacial score (nSPS) is 10.6. The van der Waals surface area contributed by atoms with Crippen LogP contribution in [0.15, 0.2) is 103 Å². The number of benzene rings is 3. The molecule has 0 aliphatic rings. The van der Waals surface area contributed by atoms with Crippen LogP contribution in [0.2, 0.25) is 0 Å². The van der Waals surface area contributed by atoms with Gasteiger partial charge >= 0.3 is 0 Å². The van der Waals surface area contributed by atoms with Crippen molar-refractivity contribution in [2.75, 3.05) is 7.11 Å².